The molecule has 6 atom stereocenters. The number of ketones is 1. The largest absolute Gasteiger partial charge is 0.456 e. The molecule has 5 amide bonds. The molecule has 2 aliphatic rings. The molecule has 2 unspecified atom stereocenters. The number of benzene rings is 1. The molecule has 1 aliphatic heterocycles. The summed E-state index contributed by atoms with van der Waals surface area (Å²) >= 11 is 12.6. The van der Waals surface area contributed by atoms with E-state index in [9.17, 15) is 28.8 Å². The minimum absolute atomic E-state index is 0.0960. The number of ether oxygens (including phenoxy) is 1. The van der Waals surface area contributed by atoms with E-state index in [2.05, 4.69) is 16.0 Å². The maximum absolute atomic E-state index is 14.3. The van der Waals surface area contributed by atoms with Gasteiger partial charge in [-0.15, -0.1) is 23.2 Å². The van der Waals surface area contributed by atoms with E-state index in [-0.39, 0.29) is 25.3 Å². The van der Waals surface area contributed by atoms with Gasteiger partial charge in [0.05, 0.1) is 6.04 Å². The van der Waals surface area contributed by atoms with E-state index < -0.39 is 87.4 Å². The van der Waals surface area contributed by atoms with Crippen molar-refractivity contribution in [3.05, 3.63) is 35.9 Å². The summed E-state index contributed by atoms with van der Waals surface area (Å²) < 4.78 is 5.72. The average Bonchev–Trinajstić information content (AvgIpc) is 3.44. The zero-order valence-electron chi connectivity index (χ0n) is 29.4. The zero-order valence-corrected chi connectivity index (χ0v) is 30.9. The molecular weight excluding hydrogens is 673 g/mol. The Hall–Kier alpha value is -3.38. The van der Waals surface area contributed by atoms with Crippen LogP contribution in [-0.4, -0.2) is 76.0 Å². The third-order valence-corrected chi connectivity index (χ3v) is 9.96. The number of carbonyl (C=O) groups is 6. The second-order valence-corrected chi connectivity index (χ2v) is 16.5. The number of carbonyl (C=O) groups excluding carboxylic acids is 6. The monoisotopic (exact) mass is 723 g/mol. The standard InChI is InChI=1S/C35H51Cl2N5O7/c1-19(21-14-9-8-10-15-21)49-32(47)27(35(5,6)7)41-33(48)40-26(34(2,3)4)31(46)42-17-16-22(28(36)37)24(42)30(45)39-23(25(43)29(38)44)18-20-12-11-13-20/h8-10,14-15,19-20,22-24,26-28H,11-13,16-18H2,1-7H3,(H2,38,44)(H,39,45)(H2,40,41,48)/t19-,22?,23?,24-,26+,27+/m0/s1. The first-order chi connectivity index (χ1) is 22.7. The molecule has 49 heavy (non-hydrogen) atoms. The number of esters is 1. The lowest BCUT2D eigenvalue weighted by Crippen LogP contribution is -2.62. The van der Waals surface area contributed by atoms with Crippen LogP contribution in [-0.2, 0) is 28.7 Å². The minimum atomic E-state index is -1.19. The Morgan fingerprint density at radius 2 is 1.47 bits per heavy atom. The molecule has 1 saturated carbocycles. The molecule has 1 saturated heterocycles. The van der Waals surface area contributed by atoms with Gasteiger partial charge in [0.25, 0.3) is 5.91 Å². The molecule has 0 bridgehead atoms. The van der Waals surface area contributed by atoms with Crippen LogP contribution in [0.5, 0.6) is 0 Å². The van der Waals surface area contributed by atoms with Gasteiger partial charge < -0.3 is 31.3 Å². The van der Waals surface area contributed by atoms with E-state index in [4.69, 9.17) is 33.7 Å². The van der Waals surface area contributed by atoms with Crippen molar-refractivity contribution in [3.8, 4) is 0 Å². The zero-order chi connectivity index (χ0) is 36.8. The molecule has 2 fully saturated rings. The van der Waals surface area contributed by atoms with E-state index in [0.29, 0.717) is 0 Å². The Morgan fingerprint density at radius 3 is 1.96 bits per heavy atom. The number of primary amides is 1. The molecule has 5 N–H and O–H groups in total. The van der Waals surface area contributed by atoms with Crippen molar-refractivity contribution in [2.75, 3.05) is 6.54 Å². The van der Waals surface area contributed by atoms with E-state index in [1.807, 2.05) is 30.3 Å². The number of likely N-dealkylation sites (tertiary alicyclic amines) is 1. The maximum Gasteiger partial charge on any atom is 0.329 e. The SMILES string of the molecule is C[C@H](OC(=O)[C@@H](NC(=O)N[C@H](C(=O)N1CCC(C(Cl)Cl)[C@H]1C(=O)NC(CC1CCC1)C(=O)C(N)=O)C(C)(C)C)C(C)(C)C)c1ccccc1. The van der Waals surface area contributed by atoms with Crippen molar-refractivity contribution in [3.63, 3.8) is 0 Å². The lowest BCUT2D eigenvalue weighted by molar-refractivity contribution is -0.153. The van der Waals surface area contributed by atoms with Crippen LogP contribution in [0.15, 0.2) is 30.3 Å². The average molecular weight is 725 g/mol. The van der Waals surface area contributed by atoms with Crippen LogP contribution in [0, 0.1) is 22.7 Å². The summed E-state index contributed by atoms with van der Waals surface area (Å²) in [6.07, 6.45) is 2.67. The summed E-state index contributed by atoms with van der Waals surface area (Å²) in [6, 6.07) is 3.83. The Balaban J connectivity index is 1.82. The fraction of sp³-hybridized carbons (Fsp3) is 0.657. The topological polar surface area (TPSA) is 177 Å². The first-order valence-electron chi connectivity index (χ1n) is 16.8. The minimum Gasteiger partial charge on any atom is -0.456 e. The van der Waals surface area contributed by atoms with Gasteiger partial charge in [-0.1, -0.05) is 91.1 Å². The Bertz CT molecular complexity index is 1370. The number of rotatable bonds is 13. The van der Waals surface area contributed by atoms with Crippen molar-refractivity contribution in [2.24, 2.45) is 28.4 Å². The first kappa shape index (κ1) is 40.1. The smallest absolute Gasteiger partial charge is 0.329 e. The molecule has 0 aromatic heterocycles. The number of nitrogens with one attached hydrogen (secondary N) is 3. The van der Waals surface area contributed by atoms with Crippen molar-refractivity contribution in [1.82, 2.24) is 20.9 Å². The van der Waals surface area contributed by atoms with Crippen LogP contribution >= 0.6 is 23.2 Å². The van der Waals surface area contributed by atoms with Crippen LogP contribution in [0.25, 0.3) is 0 Å². The number of urea groups is 1. The van der Waals surface area contributed by atoms with Gasteiger partial charge in [0.15, 0.2) is 0 Å². The number of halogens is 2. The Labute approximate surface area is 298 Å². The molecule has 1 aromatic carbocycles. The first-order valence-corrected chi connectivity index (χ1v) is 17.6. The Kier molecular flexibility index (Phi) is 13.5. The van der Waals surface area contributed by atoms with Crippen LogP contribution in [0.3, 0.4) is 0 Å². The lowest BCUT2D eigenvalue weighted by atomic mass is 9.80. The number of alkyl halides is 2. The third-order valence-electron chi connectivity index (χ3n) is 9.32. The predicted molar refractivity (Wildman–Crippen MR) is 186 cm³/mol. The van der Waals surface area contributed by atoms with Crippen molar-refractivity contribution >= 4 is 58.7 Å². The number of Topliss-reactive ketones (excluding diaryl/α,β-unsaturated/α-hetero) is 1. The highest BCUT2D eigenvalue weighted by molar-refractivity contribution is 6.44. The molecule has 1 heterocycles. The molecule has 1 aliphatic carbocycles. The van der Waals surface area contributed by atoms with Gasteiger partial charge in [-0.25, -0.2) is 9.59 Å². The highest BCUT2D eigenvalue weighted by Crippen LogP contribution is 2.35. The number of amides is 5. The highest BCUT2D eigenvalue weighted by Gasteiger charge is 2.49. The molecule has 0 radical (unpaired) electrons. The fourth-order valence-electron chi connectivity index (χ4n) is 6.17. The predicted octanol–water partition coefficient (Wildman–Crippen LogP) is 4.17. The van der Waals surface area contributed by atoms with Gasteiger partial charge in [0, 0.05) is 12.5 Å². The normalized spacial score (nSPS) is 20.7. The van der Waals surface area contributed by atoms with Crippen molar-refractivity contribution in [1.29, 1.82) is 0 Å². The molecule has 3 rings (SSSR count). The van der Waals surface area contributed by atoms with Crippen LogP contribution in [0.1, 0.15) is 92.2 Å². The van der Waals surface area contributed by atoms with Gasteiger partial charge in [-0.3, -0.25) is 19.2 Å². The van der Waals surface area contributed by atoms with Gasteiger partial charge in [-0.05, 0) is 42.1 Å². The third kappa shape index (κ3) is 10.6. The van der Waals surface area contributed by atoms with Crippen LogP contribution in [0.4, 0.5) is 4.79 Å². The Morgan fingerprint density at radius 1 is 0.898 bits per heavy atom. The van der Waals surface area contributed by atoms with E-state index >= 15 is 0 Å². The molecule has 272 valence electrons. The van der Waals surface area contributed by atoms with Crippen molar-refractivity contribution < 1.29 is 33.5 Å². The van der Waals surface area contributed by atoms with E-state index in [1.54, 1.807) is 48.5 Å². The highest BCUT2D eigenvalue weighted by atomic mass is 35.5. The van der Waals surface area contributed by atoms with Crippen molar-refractivity contribution in [2.45, 2.75) is 116 Å². The number of nitrogens with two attached hydrogens (primary N) is 1. The van der Waals surface area contributed by atoms with Crippen LogP contribution < -0.4 is 21.7 Å². The molecule has 0 spiro atoms. The second kappa shape index (κ2) is 16.6. The summed E-state index contributed by atoms with van der Waals surface area (Å²) in [6.45, 7) is 12.4. The summed E-state index contributed by atoms with van der Waals surface area (Å²) in [5, 5.41) is 8.09. The van der Waals surface area contributed by atoms with Gasteiger partial charge >= 0.3 is 12.0 Å². The van der Waals surface area contributed by atoms with E-state index in [1.165, 1.54) is 4.90 Å². The fourth-order valence-corrected chi connectivity index (χ4v) is 6.69. The van der Waals surface area contributed by atoms with Gasteiger partial charge in [0.1, 0.15) is 29.1 Å². The quantitative estimate of drug-likeness (QED) is 0.134. The molecule has 14 heteroatoms. The maximum atomic E-state index is 14.3. The van der Waals surface area contributed by atoms with Crippen LogP contribution in [0.2, 0.25) is 0 Å². The summed E-state index contributed by atoms with van der Waals surface area (Å²) in [4.78, 5) is 79.8. The second-order valence-electron chi connectivity index (χ2n) is 15.3. The van der Waals surface area contributed by atoms with Gasteiger partial charge in [0.2, 0.25) is 17.6 Å². The molecular formula is C35H51Cl2N5O7. The summed E-state index contributed by atoms with van der Waals surface area (Å²) in [5.74, 6) is -4.54. The number of hydrogen-bond acceptors (Lipinski definition) is 7. The molecule has 12 nitrogen and oxygen atoms in total. The van der Waals surface area contributed by atoms with Gasteiger partial charge in [-0.2, -0.15) is 0 Å². The number of nitrogens with zero attached hydrogens (tertiary/aromatic N) is 1. The summed E-state index contributed by atoms with van der Waals surface area (Å²) in [7, 11) is 0. The summed E-state index contributed by atoms with van der Waals surface area (Å²) in [5.41, 5.74) is 4.47. The lowest BCUT2D eigenvalue weighted by Gasteiger charge is -2.37. The van der Waals surface area contributed by atoms with E-state index in [0.717, 1.165) is 24.8 Å². The number of hydrogen-bond donors (Lipinski definition) is 4. The molecule has 1 aromatic rings.